The van der Waals surface area contributed by atoms with E-state index in [0.29, 0.717) is 12.6 Å². The van der Waals surface area contributed by atoms with Crippen molar-refractivity contribution in [2.24, 2.45) is 5.73 Å². The quantitative estimate of drug-likeness (QED) is 0.738. The molecule has 0 radical (unpaired) electrons. The largest absolute Gasteiger partial charge is 0.329 e. The number of nitrogens with zero attached hydrogens (tertiary/aromatic N) is 1. The minimum atomic E-state index is 0.391. The maximum absolute atomic E-state index is 5.92. The maximum atomic E-state index is 5.92. The predicted octanol–water partition coefficient (Wildman–Crippen LogP) is 3.00. The zero-order valence-electron chi connectivity index (χ0n) is 11.1. The highest BCUT2D eigenvalue weighted by atomic mass is 32.2. The zero-order valence-corrected chi connectivity index (χ0v) is 12.7. The molecule has 0 amide bonds. The Morgan fingerprint density at radius 2 is 2.24 bits per heavy atom. The van der Waals surface area contributed by atoms with Gasteiger partial charge in [0, 0.05) is 16.3 Å². The van der Waals surface area contributed by atoms with Crippen LogP contribution in [0.4, 0.5) is 0 Å². The molecule has 2 nitrogen and oxygen atoms in total. The van der Waals surface area contributed by atoms with Crippen LogP contribution in [-0.4, -0.2) is 37.0 Å². The van der Waals surface area contributed by atoms with Crippen LogP contribution >= 0.6 is 23.1 Å². The van der Waals surface area contributed by atoms with E-state index in [4.69, 9.17) is 5.73 Å². The second kappa shape index (κ2) is 8.14. The molecule has 1 unspecified atom stereocenters. The standard InChI is InChI=1S/C13H24N2S2/c1-4-11-6-7-13(17-11)12(10-14)15(2)8-5-9-16-3/h6-7,12H,4-5,8-10,14H2,1-3H3. The van der Waals surface area contributed by atoms with E-state index in [-0.39, 0.29) is 0 Å². The molecule has 98 valence electrons. The van der Waals surface area contributed by atoms with Crippen LogP contribution in [0.3, 0.4) is 0 Å². The molecule has 0 aliphatic carbocycles. The van der Waals surface area contributed by atoms with Crippen molar-refractivity contribution < 1.29 is 0 Å². The van der Waals surface area contributed by atoms with Gasteiger partial charge in [-0.1, -0.05) is 6.92 Å². The van der Waals surface area contributed by atoms with Crippen LogP contribution in [0.15, 0.2) is 12.1 Å². The predicted molar refractivity (Wildman–Crippen MR) is 81.1 cm³/mol. The Labute approximate surface area is 114 Å². The number of hydrogen-bond donors (Lipinski definition) is 1. The van der Waals surface area contributed by atoms with Crippen molar-refractivity contribution in [3.8, 4) is 0 Å². The van der Waals surface area contributed by atoms with E-state index >= 15 is 0 Å². The molecular formula is C13H24N2S2. The summed E-state index contributed by atoms with van der Waals surface area (Å²) < 4.78 is 0. The number of thiophene rings is 1. The summed E-state index contributed by atoms with van der Waals surface area (Å²) in [5.41, 5.74) is 5.92. The van der Waals surface area contributed by atoms with E-state index in [1.807, 2.05) is 23.1 Å². The first kappa shape index (κ1) is 15.0. The van der Waals surface area contributed by atoms with E-state index in [9.17, 15) is 0 Å². The molecule has 0 aromatic carbocycles. The fourth-order valence-electron chi connectivity index (χ4n) is 1.89. The summed E-state index contributed by atoms with van der Waals surface area (Å²) >= 11 is 3.82. The highest BCUT2D eigenvalue weighted by Crippen LogP contribution is 2.26. The van der Waals surface area contributed by atoms with Gasteiger partial charge in [-0.3, -0.25) is 4.90 Å². The van der Waals surface area contributed by atoms with Crippen LogP contribution in [0.1, 0.15) is 29.1 Å². The van der Waals surface area contributed by atoms with Crippen molar-refractivity contribution >= 4 is 23.1 Å². The molecule has 1 atom stereocenters. The molecule has 0 aliphatic heterocycles. The molecule has 0 spiro atoms. The number of likely N-dealkylation sites (N-methyl/N-ethyl adjacent to an activating group) is 1. The summed E-state index contributed by atoms with van der Waals surface area (Å²) in [4.78, 5) is 5.26. The topological polar surface area (TPSA) is 29.3 Å². The molecular weight excluding hydrogens is 248 g/mol. The average Bonchev–Trinajstić information content (AvgIpc) is 2.79. The van der Waals surface area contributed by atoms with E-state index in [1.54, 1.807) is 0 Å². The van der Waals surface area contributed by atoms with Crippen molar-refractivity contribution in [3.05, 3.63) is 21.9 Å². The van der Waals surface area contributed by atoms with Gasteiger partial charge in [-0.2, -0.15) is 11.8 Å². The van der Waals surface area contributed by atoms with Crippen LogP contribution in [0.5, 0.6) is 0 Å². The molecule has 1 aromatic rings. The highest BCUT2D eigenvalue weighted by molar-refractivity contribution is 7.98. The molecule has 17 heavy (non-hydrogen) atoms. The summed E-state index contributed by atoms with van der Waals surface area (Å²) in [6.45, 7) is 4.04. The first-order chi connectivity index (χ1) is 8.22. The second-order valence-corrected chi connectivity index (χ2v) is 6.42. The van der Waals surface area contributed by atoms with Crippen molar-refractivity contribution in [2.45, 2.75) is 25.8 Å². The van der Waals surface area contributed by atoms with Gasteiger partial charge in [0.15, 0.2) is 0 Å². The fraction of sp³-hybridized carbons (Fsp3) is 0.692. The molecule has 2 N–H and O–H groups in total. The van der Waals surface area contributed by atoms with Gasteiger partial charge >= 0.3 is 0 Å². The number of rotatable bonds is 8. The lowest BCUT2D eigenvalue weighted by Gasteiger charge is -2.25. The monoisotopic (exact) mass is 272 g/mol. The highest BCUT2D eigenvalue weighted by Gasteiger charge is 2.16. The van der Waals surface area contributed by atoms with E-state index in [1.165, 1.54) is 21.9 Å². The molecule has 0 fully saturated rings. The van der Waals surface area contributed by atoms with Crippen molar-refractivity contribution in [1.82, 2.24) is 4.90 Å². The molecule has 1 rings (SSSR count). The smallest absolute Gasteiger partial charge is 0.0561 e. The van der Waals surface area contributed by atoms with Gasteiger partial charge < -0.3 is 5.73 Å². The van der Waals surface area contributed by atoms with E-state index < -0.39 is 0 Å². The second-order valence-electron chi connectivity index (χ2n) is 4.24. The summed E-state index contributed by atoms with van der Waals surface area (Å²) in [6.07, 6.45) is 4.52. The number of hydrogen-bond acceptors (Lipinski definition) is 4. The third-order valence-electron chi connectivity index (χ3n) is 2.97. The summed E-state index contributed by atoms with van der Waals surface area (Å²) in [7, 11) is 2.18. The first-order valence-electron chi connectivity index (χ1n) is 6.20. The third-order valence-corrected chi connectivity index (χ3v) is 5.00. The van der Waals surface area contributed by atoms with E-state index in [2.05, 4.69) is 37.3 Å². The Morgan fingerprint density at radius 1 is 1.47 bits per heavy atom. The molecule has 1 aromatic heterocycles. The van der Waals surface area contributed by atoms with Crippen molar-refractivity contribution in [2.75, 3.05) is 32.1 Å². The lowest BCUT2D eigenvalue weighted by molar-refractivity contribution is 0.255. The van der Waals surface area contributed by atoms with Gasteiger partial charge in [0.25, 0.3) is 0 Å². The Bertz CT molecular complexity index is 312. The first-order valence-corrected chi connectivity index (χ1v) is 8.41. The molecule has 0 aliphatic rings. The number of aryl methyl sites for hydroxylation is 1. The van der Waals surface area contributed by atoms with Gasteiger partial charge in [0.1, 0.15) is 0 Å². The lowest BCUT2D eigenvalue weighted by atomic mass is 10.2. The summed E-state index contributed by atoms with van der Waals surface area (Å²) in [6, 6.07) is 4.87. The number of nitrogens with two attached hydrogens (primary N) is 1. The van der Waals surface area contributed by atoms with Crippen molar-refractivity contribution in [1.29, 1.82) is 0 Å². The minimum absolute atomic E-state index is 0.391. The summed E-state index contributed by atoms with van der Waals surface area (Å²) in [5, 5.41) is 0. The van der Waals surface area contributed by atoms with Gasteiger partial charge in [-0.05, 0) is 50.6 Å². The lowest BCUT2D eigenvalue weighted by Crippen LogP contribution is -2.31. The fourth-order valence-corrected chi connectivity index (χ4v) is 3.44. The van der Waals surface area contributed by atoms with E-state index in [0.717, 1.165) is 13.0 Å². The molecule has 1 heterocycles. The average molecular weight is 272 g/mol. The SMILES string of the molecule is CCc1ccc(C(CN)N(C)CCCSC)s1. The van der Waals surface area contributed by atoms with Crippen LogP contribution < -0.4 is 5.73 Å². The van der Waals surface area contributed by atoms with Gasteiger partial charge in [-0.25, -0.2) is 0 Å². The Balaban J connectivity index is 2.56. The Kier molecular flexibility index (Phi) is 7.19. The van der Waals surface area contributed by atoms with Crippen LogP contribution in [0, 0.1) is 0 Å². The minimum Gasteiger partial charge on any atom is -0.329 e. The van der Waals surface area contributed by atoms with Gasteiger partial charge in [0.2, 0.25) is 0 Å². The maximum Gasteiger partial charge on any atom is 0.0561 e. The van der Waals surface area contributed by atoms with Crippen LogP contribution in [-0.2, 0) is 6.42 Å². The normalized spacial score (nSPS) is 13.2. The Morgan fingerprint density at radius 3 is 2.76 bits per heavy atom. The third kappa shape index (κ3) is 4.62. The van der Waals surface area contributed by atoms with Gasteiger partial charge in [0.05, 0.1) is 6.04 Å². The summed E-state index contributed by atoms with van der Waals surface area (Å²) in [5.74, 6) is 1.23. The van der Waals surface area contributed by atoms with Gasteiger partial charge in [-0.15, -0.1) is 11.3 Å². The van der Waals surface area contributed by atoms with Crippen molar-refractivity contribution in [3.63, 3.8) is 0 Å². The zero-order chi connectivity index (χ0) is 12.7. The Hall–Kier alpha value is -0.0300. The number of thioether (sulfide) groups is 1. The molecule has 4 heteroatoms. The van der Waals surface area contributed by atoms with Crippen LogP contribution in [0.25, 0.3) is 0 Å². The molecule has 0 bridgehead atoms. The molecule has 0 saturated carbocycles. The van der Waals surface area contributed by atoms with Crippen LogP contribution in [0.2, 0.25) is 0 Å². The molecule has 0 saturated heterocycles.